The highest BCUT2D eigenvalue weighted by Gasteiger charge is 2.14. The molecule has 0 fully saturated rings. The maximum absolute atomic E-state index is 6.56. The van der Waals surface area contributed by atoms with Crippen molar-refractivity contribution in [2.24, 2.45) is 0 Å². The lowest BCUT2D eigenvalue weighted by Crippen LogP contribution is -2.03. The van der Waals surface area contributed by atoms with Crippen LogP contribution in [0, 0.1) is 6.92 Å². The van der Waals surface area contributed by atoms with Crippen molar-refractivity contribution in [2.45, 2.75) is 6.92 Å². The third kappa shape index (κ3) is 2.30. The number of aromatic nitrogens is 2. The second kappa shape index (κ2) is 5.96. The standard InChI is InChI=1S/C19H17ClN2O2/c1-12-10-21-11-16-18-15-5-4-14(24-8-7-23-2)9-13(15)3-6-17(18)22(20)19(12)16/h3-6,9-11H,7-8H2,1-2H3. The van der Waals surface area contributed by atoms with E-state index in [9.17, 15) is 0 Å². The van der Waals surface area contributed by atoms with Crippen LogP contribution in [0.1, 0.15) is 5.56 Å². The van der Waals surface area contributed by atoms with Gasteiger partial charge in [0.25, 0.3) is 0 Å². The average Bonchev–Trinajstić information content (AvgIpc) is 2.89. The number of pyridine rings is 1. The second-order valence-electron chi connectivity index (χ2n) is 5.82. The first-order chi connectivity index (χ1) is 11.7. The molecule has 4 rings (SSSR count). The average molecular weight is 341 g/mol. The molecule has 2 aromatic heterocycles. The van der Waals surface area contributed by atoms with Crippen molar-refractivity contribution in [3.63, 3.8) is 0 Å². The molecule has 0 aliphatic rings. The van der Waals surface area contributed by atoms with Gasteiger partial charge in [0.2, 0.25) is 0 Å². The smallest absolute Gasteiger partial charge is 0.120 e. The Hall–Kier alpha value is -2.30. The summed E-state index contributed by atoms with van der Waals surface area (Å²) in [6, 6.07) is 10.2. The summed E-state index contributed by atoms with van der Waals surface area (Å²) in [7, 11) is 1.67. The van der Waals surface area contributed by atoms with E-state index in [1.54, 1.807) is 11.2 Å². The van der Waals surface area contributed by atoms with Gasteiger partial charge in [0.1, 0.15) is 12.4 Å². The normalized spacial score (nSPS) is 11.6. The van der Waals surface area contributed by atoms with Crippen molar-refractivity contribution < 1.29 is 9.47 Å². The Morgan fingerprint density at radius 2 is 1.96 bits per heavy atom. The van der Waals surface area contributed by atoms with Gasteiger partial charge in [-0.15, -0.1) is 0 Å². The quantitative estimate of drug-likeness (QED) is 0.506. The molecule has 2 aromatic carbocycles. The Morgan fingerprint density at radius 3 is 2.79 bits per heavy atom. The van der Waals surface area contributed by atoms with E-state index in [0.717, 1.165) is 43.9 Å². The molecule has 5 heteroatoms. The minimum atomic E-state index is 0.536. The highest BCUT2D eigenvalue weighted by molar-refractivity contribution is 6.30. The van der Waals surface area contributed by atoms with Gasteiger partial charge in [-0.05, 0) is 47.5 Å². The highest BCUT2D eigenvalue weighted by atomic mass is 35.5. The lowest BCUT2D eigenvalue weighted by Gasteiger charge is -2.07. The van der Waals surface area contributed by atoms with Gasteiger partial charge in [0, 0.05) is 42.1 Å². The number of hydrogen-bond acceptors (Lipinski definition) is 3. The molecule has 0 aliphatic carbocycles. The van der Waals surface area contributed by atoms with Crippen LogP contribution in [0.4, 0.5) is 0 Å². The molecule has 0 saturated carbocycles. The summed E-state index contributed by atoms with van der Waals surface area (Å²) in [6.07, 6.45) is 3.72. The molecule has 0 bridgehead atoms. The Kier molecular flexibility index (Phi) is 3.79. The van der Waals surface area contributed by atoms with Gasteiger partial charge in [-0.25, -0.2) is 0 Å². The molecule has 0 amide bonds. The van der Waals surface area contributed by atoms with Crippen LogP contribution in [-0.2, 0) is 4.74 Å². The number of fused-ring (bicyclic) bond motifs is 5. The van der Waals surface area contributed by atoms with Crippen LogP contribution in [0.2, 0.25) is 0 Å². The molecule has 0 saturated heterocycles. The fourth-order valence-electron chi connectivity index (χ4n) is 3.20. The van der Waals surface area contributed by atoms with E-state index in [-0.39, 0.29) is 0 Å². The molecule has 0 atom stereocenters. The van der Waals surface area contributed by atoms with Gasteiger partial charge in [0.05, 0.1) is 17.6 Å². The van der Waals surface area contributed by atoms with Crippen molar-refractivity contribution in [1.29, 1.82) is 0 Å². The van der Waals surface area contributed by atoms with Crippen LogP contribution in [0.3, 0.4) is 0 Å². The maximum Gasteiger partial charge on any atom is 0.120 e. The second-order valence-corrected chi connectivity index (χ2v) is 6.16. The monoisotopic (exact) mass is 340 g/mol. The third-order valence-corrected chi connectivity index (χ3v) is 4.65. The topological polar surface area (TPSA) is 36.3 Å². The molecule has 0 radical (unpaired) electrons. The van der Waals surface area contributed by atoms with Crippen LogP contribution >= 0.6 is 11.8 Å². The third-order valence-electron chi connectivity index (χ3n) is 4.30. The van der Waals surface area contributed by atoms with Crippen molar-refractivity contribution in [3.05, 3.63) is 48.3 Å². The number of rotatable bonds is 4. The minimum Gasteiger partial charge on any atom is -0.491 e. The largest absolute Gasteiger partial charge is 0.491 e. The maximum atomic E-state index is 6.56. The number of methoxy groups -OCH3 is 1. The Bertz CT molecular complexity index is 1060. The van der Waals surface area contributed by atoms with Gasteiger partial charge in [-0.1, -0.05) is 6.07 Å². The number of nitrogens with zero attached hydrogens (tertiary/aromatic N) is 2. The zero-order valence-corrected chi connectivity index (χ0v) is 14.3. The van der Waals surface area contributed by atoms with E-state index < -0.39 is 0 Å². The zero-order chi connectivity index (χ0) is 16.7. The zero-order valence-electron chi connectivity index (χ0n) is 13.5. The van der Waals surface area contributed by atoms with Crippen molar-refractivity contribution >= 4 is 44.4 Å². The number of ether oxygens (including phenoxy) is 2. The van der Waals surface area contributed by atoms with Gasteiger partial charge < -0.3 is 9.47 Å². The first-order valence-electron chi connectivity index (χ1n) is 7.80. The molecule has 122 valence electrons. The van der Waals surface area contributed by atoms with Crippen LogP contribution in [0.15, 0.2) is 42.7 Å². The van der Waals surface area contributed by atoms with Crippen molar-refractivity contribution in [1.82, 2.24) is 9.07 Å². The van der Waals surface area contributed by atoms with Crippen LogP contribution in [0.25, 0.3) is 32.6 Å². The fraction of sp³-hybridized carbons (Fsp3) is 0.211. The fourth-order valence-corrected chi connectivity index (χ4v) is 3.56. The first-order valence-corrected chi connectivity index (χ1v) is 8.14. The van der Waals surface area contributed by atoms with Gasteiger partial charge >= 0.3 is 0 Å². The molecule has 24 heavy (non-hydrogen) atoms. The molecule has 4 nitrogen and oxygen atoms in total. The summed E-state index contributed by atoms with van der Waals surface area (Å²) in [4.78, 5) is 4.34. The lowest BCUT2D eigenvalue weighted by atomic mass is 10.0. The van der Waals surface area contributed by atoms with Crippen LogP contribution in [0.5, 0.6) is 5.75 Å². The molecule has 4 aromatic rings. The molecule has 2 heterocycles. The SMILES string of the molecule is COCCOc1ccc2c(ccc3c2c2cncc(C)c2n3Cl)c1. The lowest BCUT2D eigenvalue weighted by molar-refractivity contribution is 0.146. The summed E-state index contributed by atoms with van der Waals surface area (Å²) < 4.78 is 12.5. The van der Waals surface area contributed by atoms with Crippen LogP contribution in [-0.4, -0.2) is 29.4 Å². The van der Waals surface area contributed by atoms with E-state index in [1.807, 2.05) is 37.5 Å². The van der Waals surface area contributed by atoms with E-state index in [4.69, 9.17) is 21.3 Å². The number of aryl methyl sites for hydroxylation is 1. The molecule has 0 unspecified atom stereocenters. The molecule has 0 N–H and O–H groups in total. The van der Waals surface area contributed by atoms with Crippen LogP contribution < -0.4 is 4.74 Å². The van der Waals surface area contributed by atoms with Crippen molar-refractivity contribution in [2.75, 3.05) is 20.3 Å². The summed E-state index contributed by atoms with van der Waals surface area (Å²) >= 11 is 6.56. The minimum absolute atomic E-state index is 0.536. The summed E-state index contributed by atoms with van der Waals surface area (Å²) in [6.45, 7) is 3.13. The Balaban J connectivity index is 1.95. The molecular weight excluding hydrogens is 324 g/mol. The van der Waals surface area contributed by atoms with Gasteiger partial charge in [-0.2, -0.15) is 0 Å². The van der Waals surface area contributed by atoms with Gasteiger partial charge in [-0.3, -0.25) is 9.07 Å². The van der Waals surface area contributed by atoms with E-state index in [1.165, 1.54) is 0 Å². The highest BCUT2D eigenvalue weighted by Crippen LogP contribution is 2.37. The summed E-state index contributed by atoms with van der Waals surface area (Å²) in [5.74, 6) is 0.836. The predicted molar refractivity (Wildman–Crippen MR) is 98.1 cm³/mol. The molecular formula is C19H17ClN2O2. The van der Waals surface area contributed by atoms with Crippen molar-refractivity contribution in [3.8, 4) is 5.75 Å². The molecule has 0 aliphatic heterocycles. The van der Waals surface area contributed by atoms with E-state index in [0.29, 0.717) is 13.2 Å². The number of hydrogen-bond donors (Lipinski definition) is 0. The summed E-state index contributed by atoms with van der Waals surface area (Å²) in [5, 5.41) is 4.45. The Morgan fingerprint density at radius 1 is 1.08 bits per heavy atom. The molecule has 0 spiro atoms. The van der Waals surface area contributed by atoms with E-state index >= 15 is 0 Å². The van der Waals surface area contributed by atoms with E-state index in [2.05, 4.69) is 17.1 Å². The Labute approximate surface area is 144 Å². The number of halogens is 1. The van der Waals surface area contributed by atoms with Gasteiger partial charge in [0.15, 0.2) is 0 Å². The first kappa shape index (κ1) is 15.2. The predicted octanol–water partition coefficient (Wildman–Crippen LogP) is 4.68. The summed E-state index contributed by atoms with van der Waals surface area (Å²) in [5.41, 5.74) is 3.06. The number of benzene rings is 2.